The smallest absolute Gasteiger partial charge is 0.0646 e. The summed E-state index contributed by atoms with van der Waals surface area (Å²) in [4.78, 5) is 2.52. The molecule has 0 spiro atoms. The summed E-state index contributed by atoms with van der Waals surface area (Å²) < 4.78 is 0. The van der Waals surface area contributed by atoms with E-state index in [9.17, 15) is 0 Å². The predicted molar refractivity (Wildman–Crippen MR) is 114 cm³/mol. The van der Waals surface area contributed by atoms with Gasteiger partial charge in [0.2, 0.25) is 0 Å². The molecule has 0 radical (unpaired) electrons. The standard InChI is InChI=1S/C24H27N3/c1-19-7-9-21(10-8-19)18-26-13-15-27(16-14-26)25-20(2)23-12-11-22-5-3-4-6-24(22)17-23/h3-12,17H,13-16,18H2,1-2H3. The van der Waals surface area contributed by atoms with Gasteiger partial charge in [-0.05, 0) is 41.8 Å². The highest BCUT2D eigenvalue weighted by atomic mass is 15.5. The molecule has 1 fully saturated rings. The van der Waals surface area contributed by atoms with Crippen LogP contribution in [0.4, 0.5) is 0 Å². The zero-order valence-corrected chi connectivity index (χ0v) is 16.2. The van der Waals surface area contributed by atoms with E-state index in [1.165, 1.54) is 27.5 Å². The second kappa shape index (κ2) is 7.93. The van der Waals surface area contributed by atoms with Gasteiger partial charge in [-0.15, -0.1) is 0 Å². The van der Waals surface area contributed by atoms with Crippen molar-refractivity contribution in [1.82, 2.24) is 9.91 Å². The van der Waals surface area contributed by atoms with Crippen molar-refractivity contribution in [2.75, 3.05) is 26.2 Å². The Labute approximate surface area is 161 Å². The summed E-state index contributed by atoms with van der Waals surface area (Å²) in [5.41, 5.74) is 5.01. The second-order valence-electron chi connectivity index (χ2n) is 7.46. The molecule has 4 rings (SSSR count). The fourth-order valence-corrected chi connectivity index (χ4v) is 3.63. The monoisotopic (exact) mass is 357 g/mol. The van der Waals surface area contributed by atoms with Crippen molar-refractivity contribution in [3.63, 3.8) is 0 Å². The van der Waals surface area contributed by atoms with Gasteiger partial charge in [-0.1, -0.05) is 66.2 Å². The third kappa shape index (κ3) is 4.37. The van der Waals surface area contributed by atoms with Gasteiger partial charge in [-0.25, -0.2) is 0 Å². The molecule has 0 atom stereocenters. The summed E-state index contributed by atoms with van der Waals surface area (Å²) in [5, 5.41) is 9.66. The topological polar surface area (TPSA) is 18.8 Å². The molecule has 0 bridgehead atoms. The van der Waals surface area contributed by atoms with E-state index < -0.39 is 0 Å². The molecular weight excluding hydrogens is 330 g/mol. The van der Waals surface area contributed by atoms with Crippen molar-refractivity contribution in [2.45, 2.75) is 20.4 Å². The van der Waals surface area contributed by atoms with Crippen molar-refractivity contribution < 1.29 is 0 Å². The number of nitrogens with zero attached hydrogens (tertiary/aromatic N) is 3. The van der Waals surface area contributed by atoms with Gasteiger partial charge in [0, 0.05) is 32.7 Å². The fraction of sp³-hybridized carbons (Fsp3) is 0.292. The Morgan fingerprint density at radius 1 is 0.852 bits per heavy atom. The van der Waals surface area contributed by atoms with E-state index in [1.54, 1.807) is 0 Å². The van der Waals surface area contributed by atoms with Gasteiger partial charge in [0.05, 0.1) is 5.71 Å². The van der Waals surface area contributed by atoms with Gasteiger partial charge >= 0.3 is 0 Å². The summed E-state index contributed by atoms with van der Waals surface area (Å²) in [6, 6.07) is 24.0. The maximum absolute atomic E-state index is 4.89. The van der Waals surface area contributed by atoms with E-state index in [2.05, 4.69) is 90.5 Å². The molecule has 1 aliphatic heterocycles. The average Bonchev–Trinajstić information content (AvgIpc) is 2.71. The van der Waals surface area contributed by atoms with E-state index in [0.29, 0.717) is 0 Å². The van der Waals surface area contributed by atoms with Crippen LogP contribution < -0.4 is 0 Å². The van der Waals surface area contributed by atoms with Gasteiger partial charge in [0.25, 0.3) is 0 Å². The van der Waals surface area contributed by atoms with Crippen LogP contribution in [-0.4, -0.2) is 41.8 Å². The molecule has 27 heavy (non-hydrogen) atoms. The van der Waals surface area contributed by atoms with Gasteiger partial charge in [-0.2, -0.15) is 5.10 Å². The number of hydrogen-bond donors (Lipinski definition) is 0. The molecule has 0 unspecified atom stereocenters. The summed E-state index contributed by atoms with van der Waals surface area (Å²) in [7, 11) is 0. The van der Waals surface area contributed by atoms with E-state index in [0.717, 1.165) is 38.4 Å². The van der Waals surface area contributed by atoms with Crippen LogP contribution in [0.5, 0.6) is 0 Å². The Morgan fingerprint density at radius 2 is 1.56 bits per heavy atom. The van der Waals surface area contributed by atoms with Crippen LogP contribution in [0, 0.1) is 6.92 Å². The van der Waals surface area contributed by atoms with Crippen LogP contribution in [0.2, 0.25) is 0 Å². The first-order chi connectivity index (χ1) is 13.2. The lowest BCUT2D eigenvalue weighted by atomic mass is 10.0. The molecule has 3 aromatic rings. The highest BCUT2D eigenvalue weighted by molar-refractivity contribution is 6.01. The Bertz CT molecular complexity index is 935. The van der Waals surface area contributed by atoms with E-state index in [-0.39, 0.29) is 0 Å². The SMILES string of the molecule is CC(=NN1CCN(Cc2ccc(C)cc2)CC1)c1ccc2ccccc2c1. The molecule has 3 aromatic carbocycles. The van der Waals surface area contributed by atoms with Crippen LogP contribution >= 0.6 is 0 Å². The molecule has 0 saturated carbocycles. The first-order valence-electron chi connectivity index (χ1n) is 9.75. The fourth-order valence-electron chi connectivity index (χ4n) is 3.63. The Morgan fingerprint density at radius 3 is 2.30 bits per heavy atom. The largest absolute Gasteiger partial charge is 0.295 e. The van der Waals surface area contributed by atoms with E-state index >= 15 is 0 Å². The molecule has 1 heterocycles. The minimum atomic E-state index is 0.983. The van der Waals surface area contributed by atoms with Gasteiger partial charge < -0.3 is 0 Å². The van der Waals surface area contributed by atoms with Crippen molar-refractivity contribution in [3.05, 3.63) is 83.4 Å². The Balaban J connectivity index is 1.37. The molecule has 0 aliphatic carbocycles. The lowest BCUT2D eigenvalue weighted by Gasteiger charge is -2.33. The van der Waals surface area contributed by atoms with Crippen molar-refractivity contribution in [1.29, 1.82) is 0 Å². The number of fused-ring (bicyclic) bond motifs is 1. The van der Waals surface area contributed by atoms with Crippen molar-refractivity contribution >= 4 is 16.5 Å². The molecule has 0 aromatic heterocycles. The third-order valence-electron chi connectivity index (χ3n) is 5.33. The number of hydrogen-bond acceptors (Lipinski definition) is 3. The summed E-state index contributed by atoms with van der Waals surface area (Å²) in [6.07, 6.45) is 0. The maximum Gasteiger partial charge on any atom is 0.0646 e. The van der Waals surface area contributed by atoms with E-state index in [4.69, 9.17) is 5.10 Å². The second-order valence-corrected chi connectivity index (χ2v) is 7.46. The summed E-state index contributed by atoms with van der Waals surface area (Å²) in [6.45, 7) is 9.36. The highest BCUT2D eigenvalue weighted by Gasteiger charge is 2.16. The minimum absolute atomic E-state index is 0.983. The number of rotatable bonds is 4. The average molecular weight is 358 g/mol. The van der Waals surface area contributed by atoms with Crippen LogP contribution in [0.3, 0.4) is 0 Å². The number of hydrazone groups is 1. The molecule has 138 valence electrons. The van der Waals surface area contributed by atoms with Crippen LogP contribution in [0.25, 0.3) is 10.8 Å². The number of piperazine rings is 1. The molecule has 3 heteroatoms. The first kappa shape index (κ1) is 17.7. The lowest BCUT2D eigenvalue weighted by molar-refractivity contribution is 0.130. The quantitative estimate of drug-likeness (QED) is 0.631. The summed E-state index contributed by atoms with van der Waals surface area (Å²) >= 11 is 0. The molecule has 0 N–H and O–H groups in total. The molecule has 1 saturated heterocycles. The molecule has 0 amide bonds. The first-order valence-corrected chi connectivity index (χ1v) is 9.75. The van der Waals surface area contributed by atoms with Crippen LogP contribution in [0.1, 0.15) is 23.6 Å². The van der Waals surface area contributed by atoms with E-state index in [1.807, 2.05) is 0 Å². The molecule has 3 nitrogen and oxygen atoms in total. The molecule has 1 aliphatic rings. The minimum Gasteiger partial charge on any atom is -0.295 e. The molecular formula is C24H27N3. The third-order valence-corrected chi connectivity index (χ3v) is 5.33. The maximum atomic E-state index is 4.89. The normalized spacial score (nSPS) is 16.1. The number of aryl methyl sites for hydroxylation is 1. The van der Waals surface area contributed by atoms with Crippen LogP contribution in [0.15, 0.2) is 71.8 Å². The Kier molecular flexibility index (Phi) is 5.21. The van der Waals surface area contributed by atoms with Gasteiger partial charge in [0.1, 0.15) is 0 Å². The van der Waals surface area contributed by atoms with Crippen molar-refractivity contribution in [2.24, 2.45) is 5.10 Å². The zero-order valence-electron chi connectivity index (χ0n) is 16.2. The van der Waals surface area contributed by atoms with Gasteiger partial charge in [-0.3, -0.25) is 9.91 Å². The van der Waals surface area contributed by atoms with Crippen molar-refractivity contribution in [3.8, 4) is 0 Å². The Hall–Kier alpha value is -2.65. The van der Waals surface area contributed by atoms with Crippen LogP contribution in [-0.2, 0) is 6.54 Å². The van der Waals surface area contributed by atoms with Gasteiger partial charge in [0.15, 0.2) is 0 Å². The zero-order chi connectivity index (χ0) is 18.6. The lowest BCUT2D eigenvalue weighted by Crippen LogP contribution is -2.43. The predicted octanol–water partition coefficient (Wildman–Crippen LogP) is 4.69. The number of benzene rings is 3. The summed E-state index contributed by atoms with van der Waals surface area (Å²) in [5.74, 6) is 0. The highest BCUT2D eigenvalue weighted by Crippen LogP contribution is 2.17.